The Bertz CT molecular complexity index is 612. The maximum Gasteiger partial charge on any atom is 0.350 e. The smallest absolute Gasteiger partial charge is 0.350 e. The van der Waals surface area contributed by atoms with Crippen molar-refractivity contribution in [3.05, 3.63) is 34.3 Å². The van der Waals surface area contributed by atoms with Crippen LogP contribution in [0.15, 0.2) is 23.7 Å². The van der Waals surface area contributed by atoms with Crippen LogP contribution in [-0.2, 0) is 11.3 Å². The highest BCUT2D eigenvalue weighted by molar-refractivity contribution is 7.12. The first-order valence-corrected chi connectivity index (χ1v) is 6.61. The van der Waals surface area contributed by atoms with Gasteiger partial charge in [0.1, 0.15) is 17.2 Å². The second-order valence-electron chi connectivity index (χ2n) is 3.77. The number of carbonyl (C=O) groups excluding carboxylic acids is 1. The molecule has 0 bridgehead atoms. The summed E-state index contributed by atoms with van der Waals surface area (Å²) in [6.45, 7) is -0.0173. The summed E-state index contributed by atoms with van der Waals surface area (Å²) in [6, 6.07) is 3.33. The minimum Gasteiger partial charge on any atom is -0.493 e. The maximum atomic E-state index is 11.9. The first kappa shape index (κ1) is 14.1. The highest BCUT2D eigenvalue weighted by Crippen LogP contribution is 2.29. The van der Waals surface area contributed by atoms with E-state index in [0.29, 0.717) is 27.8 Å². The van der Waals surface area contributed by atoms with Crippen molar-refractivity contribution in [3.8, 4) is 11.5 Å². The molecule has 0 unspecified atom stereocenters. The standard InChI is InChI=1S/C13H14N2O4S/c1-17-10-3-5-15-9(11(10)18-2)7-19-13(16)12-8(14)4-6-20-12/h3-6H,7,14H2,1-2H3. The number of carbonyl (C=O) groups is 1. The van der Waals surface area contributed by atoms with E-state index in [1.54, 1.807) is 23.7 Å². The van der Waals surface area contributed by atoms with Gasteiger partial charge in [0.2, 0.25) is 0 Å². The minimum absolute atomic E-state index is 0.0173. The number of ether oxygens (including phenoxy) is 3. The third kappa shape index (κ3) is 2.83. The second-order valence-corrected chi connectivity index (χ2v) is 4.69. The molecule has 2 N–H and O–H groups in total. The molecule has 0 saturated carbocycles. The predicted octanol–water partition coefficient (Wildman–Crippen LogP) is 2.10. The fourth-order valence-electron chi connectivity index (χ4n) is 1.64. The van der Waals surface area contributed by atoms with Crippen molar-refractivity contribution in [1.82, 2.24) is 4.98 Å². The van der Waals surface area contributed by atoms with E-state index < -0.39 is 5.97 Å². The number of nitrogens with zero attached hydrogens (tertiary/aromatic N) is 1. The summed E-state index contributed by atoms with van der Waals surface area (Å²) in [5, 5.41) is 1.73. The molecule has 2 aromatic rings. The molecule has 106 valence electrons. The van der Waals surface area contributed by atoms with E-state index in [9.17, 15) is 4.79 Å². The Kier molecular flexibility index (Phi) is 4.41. The molecule has 2 aromatic heterocycles. The van der Waals surface area contributed by atoms with Gasteiger partial charge in [-0.25, -0.2) is 4.79 Å². The molecule has 0 aliphatic rings. The van der Waals surface area contributed by atoms with Gasteiger partial charge in [-0.3, -0.25) is 4.98 Å². The van der Waals surface area contributed by atoms with Crippen molar-refractivity contribution >= 4 is 23.0 Å². The van der Waals surface area contributed by atoms with Crippen molar-refractivity contribution in [2.24, 2.45) is 0 Å². The first-order valence-electron chi connectivity index (χ1n) is 5.73. The third-order valence-electron chi connectivity index (χ3n) is 2.59. The Morgan fingerprint density at radius 2 is 2.15 bits per heavy atom. The van der Waals surface area contributed by atoms with Crippen LogP contribution in [0, 0.1) is 0 Å². The molecular weight excluding hydrogens is 280 g/mol. The number of rotatable bonds is 5. The van der Waals surface area contributed by atoms with Crippen LogP contribution in [0.3, 0.4) is 0 Å². The van der Waals surface area contributed by atoms with Crippen LogP contribution in [0.2, 0.25) is 0 Å². The summed E-state index contributed by atoms with van der Waals surface area (Å²) in [7, 11) is 3.03. The largest absolute Gasteiger partial charge is 0.493 e. The lowest BCUT2D eigenvalue weighted by atomic mass is 10.3. The molecule has 0 saturated heterocycles. The number of hydrogen-bond acceptors (Lipinski definition) is 7. The van der Waals surface area contributed by atoms with Crippen molar-refractivity contribution in [1.29, 1.82) is 0 Å². The summed E-state index contributed by atoms with van der Waals surface area (Å²) in [5.74, 6) is 0.496. The second kappa shape index (κ2) is 6.25. The monoisotopic (exact) mass is 294 g/mol. The molecule has 0 atom stereocenters. The summed E-state index contributed by atoms with van der Waals surface area (Å²) in [5.41, 5.74) is 6.55. The normalized spacial score (nSPS) is 10.1. The van der Waals surface area contributed by atoms with Crippen molar-refractivity contribution in [2.75, 3.05) is 20.0 Å². The van der Waals surface area contributed by atoms with Crippen molar-refractivity contribution in [3.63, 3.8) is 0 Å². The number of aromatic nitrogens is 1. The highest BCUT2D eigenvalue weighted by atomic mass is 32.1. The van der Waals surface area contributed by atoms with Gasteiger partial charge in [0.15, 0.2) is 11.5 Å². The maximum absolute atomic E-state index is 11.9. The van der Waals surface area contributed by atoms with E-state index in [4.69, 9.17) is 19.9 Å². The van der Waals surface area contributed by atoms with Crippen molar-refractivity contribution in [2.45, 2.75) is 6.61 Å². The molecule has 2 rings (SSSR count). The number of nitrogens with two attached hydrogens (primary N) is 1. The van der Waals surface area contributed by atoms with Crippen LogP contribution in [0.4, 0.5) is 5.69 Å². The van der Waals surface area contributed by atoms with Gasteiger partial charge in [-0.2, -0.15) is 0 Å². The predicted molar refractivity (Wildman–Crippen MR) is 75.2 cm³/mol. The van der Waals surface area contributed by atoms with Crippen LogP contribution < -0.4 is 15.2 Å². The highest BCUT2D eigenvalue weighted by Gasteiger charge is 2.16. The molecule has 20 heavy (non-hydrogen) atoms. The van der Waals surface area contributed by atoms with Gasteiger partial charge in [0.25, 0.3) is 0 Å². The summed E-state index contributed by atoms with van der Waals surface area (Å²) < 4.78 is 15.6. The zero-order valence-corrected chi connectivity index (χ0v) is 11.9. The fraction of sp³-hybridized carbons (Fsp3) is 0.231. The van der Waals surface area contributed by atoms with Gasteiger partial charge < -0.3 is 19.9 Å². The molecule has 0 spiro atoms. The molecule has 0 amide bonds. The molecule has 7 heteroatoms. The summed E-state index contributed by atoms with van der Waals surface area (Å²) in [4.78, 5) is 16.4. The van der Waals surface area contributed by atoms with Crippen LogP contribution >= 0.6 is 11.3 Å². The van der Waals surface area contributed by atoms with Gasteiger partial charge >= 0.3 is 5.97 Å². The first-order chi connectivity index (χ1) is 9.67. The minimum atomic E-state index is -0.482. The molecule has 0 aliphatic carbocycles. The third-order valence-corrected chi connectivity index (χ3v) is 3.50. The molecule has 0 radical (unpaired) electrons. The SMILES string of the molecule is COc1ccnc(COC(=O)c2sccc2N)c1OC. The number of hydrogen-bond donors (Lipinski definition) is 1. The zero-order chi connectivity index (χ0) is 14.5. The van der Waals surface area contributed by atoms with E-state index in [1.807, 2.05) is 0 Å². The lowest BCUT2D eigenvalue weighted by molar-refractivity contribution is 0.0471. The average molecular weight is 294 g/mol. The average Bonchev–Trinajstić information content (AvgIpc) is 2.90. The topological polar surface area (TPSA) is 83.7 Å². The van der Waals surface area contributed by atoms with Crippen LogP contribution in [0.1, 0.15) is 15.4 Å². The molecular formula is C13H14N2O4S. The van der Waals surface area contributed by atoms with Crippen LogP contribution in [-0.4, -0.2) is 25.2 Å². The quantitative estimate of drug-likeness (QED) is 0.850. The molecule has 6 nitrogen and oxygen atoms in total. The number of esters is 1. The number of methoxy groups -OCH3 is 2. The lowest BCUT2D eigenvalue weighted by Gasteiger charge is -2.11. The number of nitrogen functional groups attached to an aromatic ring is 1. The molecule has 0 fully saturated rings. The van der Waals surface area contributed by atoms with Gasteiger partial charge in [-0.15, -0.1) is 11.3 Å². The van der Waals surface area contributed by atoms with Gasteiger partial charge in [0.05, 0.1) is 19.9 Å². The Hall–Kier alpha value is -2.28. The Labute approximate surface area is 120 Å². The number of thiophene rings is 1. The molecule has 0 aromatic carbocycles. The Morgan fingerprint density at radius 1 is 1.35 bits per heavy atom. The van der Waals surface area contributed by atoms with E-state index in [-0.39, 0.29) is 6.61 Å². The van der Waals surface area contributed by atoms with Crippen LogP contribution in [0.25, 0.3) is 0 Å². The molecule has 2 heterocycles. The van der Waals surface area contributed by atoms with E-state index >= 15 is 0 Å². The lowest BCUT2D eigenvalue weighted by Crippen LogP contribution is -2.08. The fourth-order valence-corrected chi connectivity index (χ4v) is 2.35. The molecule has 0 aliphatic heterocycles. The summed E-state index contributed by atoms with van der Waals surface area (Å²) in [6.07, 6.45) is 1.56. The summed E-state index contributed by atoms with van der Waals surface area (Å²) >= 11 is 1.23. The van der Waals surface area contributed by atoms with Gasteiger partial charge in [-0.05, 0) is 11.4 Å². The van der Waals surface area contributed by atoms with Crippen LogP contribution in [0.5, 0.6) is 11.5 Å². The number of pyridine rings is 1. The van der Waals surface area contributed by atoms with Gasteiger partial charge in [-0.1, -0.05) is 0 Å². The van der Waals surface area contributed by atoms with Gasteiger partial charge in [0, 0.05) is 12.3 Å². The van der Waals surface area contributed by atoms with Crippen molar-refractivity contribution < 1.29 is 19.0 Å². The Morgan fingerprint density at radius 3 is 2.75 bits per heavy atom. The van der Waals surface area contributed by atoms with E-state index in [1.165, 1.54) is 25.6 Å². The van der Waals surface area contributed by atoms with E-state index in [2.05, 4.69) is 4.98 Å². The van der Waals surface area contributed by atoms with E-state index in [0.717, 1.165) is 0 Å². The number of anilines is 1. The zero-order valence-electron chi connectivity index (χ0n) is 11.1. The Balaban J connectivity index is 2.12.